The van der Waals surface area contributed by atoms with Crippen LogP contribution >= 0.6 is 15.9 Å². The van der Waals surface area contributed by atoms with E-state index in [1.165, 1.54) is 0 Å². The number of hydrogen-bond acceptors (Lipinski definition) is 2. The Labute approximate surface area is 97.5 Å². The first kappa shape index (κ1) is 10.4. The molecular formula is C12H12BrNO. The highest BCUT2D eigenvalue weighted by Gasteiger charge is 2.11. The molecule has 78 valence electrons. The number of benzene rings is 1. The van der Waals surface area contributed by atoms with E-state index >= 15 is 0 Å². The molecule has 2 nitrogen and oxygen atoms in total. The molecule has 0 aliphatic carbocycles. The quantitative estimate of drug-likeness (QED) is 0.846. The average Bonchev–Trinajstić information content (AvgIpc) is 2.22. The number of carbonyl (C=O) groups is 1. The van der Waals surface area contributed by atoms with Crippen LogP contribution in [-0.2, 0) is 4.79 Å². The van der Waals surface area contributed by atoms with Gasteiger partial charge in [0.1, 0.15) is 5.78 Å². The lowest BCUT2D eigenvalue weighted by Gasteiger charge is -2.15. The molecule has 0 spiro atoms. The summed E-state index contributed by atoms with van der Waals surface area (Å²) in [5.41, 5.74) is 2.14. The Morgan fingerprint density at radius 3 is 2.67 bits per heavy atom. The summed E-state index contributed by atoms with van der Waals surface area (Å²) in [6, 6.07) is 8.05. The molecule has 0 amide bonds. The Hall–Kier alpha value is -1.09. The van der Waals surface area contributed by atoms with Gasteiger partial charge in [-0.05, 0) is 23.8 Å². The maximum atomic E-state index is 11.2. The number of piperidine rings is 1. The summed E-state index contributed by atoms with van der Waals surface area (Å²) >= 11 is 3.39. The summed E-state index contributed by atoms with van der Waals surface area (Å²) in [6.45, 7) is 0.765. The molecule has 0 atom stereocenters. The second kappa shape index (κ2) is 4.62. The maximum Gasteiger partial charge on any atom is 0.140 e. The minimum Gasteiger partial charge on any atom is -0.388 e. The van der Waals surface area contributed by atoms with Gasteiger partial charge in [0.25, 0.3) is 0 Å². The normalized spacial score (nSPS) is 19.0. The summed E-state index contributed by atoms with van der Waals surface area (Å²) in [5, 5.41) is 3.24. The van der Waals surface area contributed by atoms with Gasteiger partial charge in [-0.1, -0.05) is 28.1 Å². The van der Waals surface area contributed by atoms with Crippen LogP contribution in [0.3, 0.4) is 0 Å². The maximum absolute atomic E-state index is 11.2. The van der Waals surface area contributed by atoms with Crippen molar-refractivity contribution in [2.24, 2.45) is 0 Å². The molecule has 1 aliphatic heterocycles. The standard InChI is InChI=1S/C12H12BrNO/c13-10-3-1-9(2-4-10)7-11-8-12(15)5-6-14-11/h1-4,7,14H,5-6,8H2/b11-7-. The van der Waals surface area contributed by atoms with Crippen LogP contribution in [0, 0.1) is 0 Å². The fourth-order valence-corrected chi connectivity index (χ4v) is 1.85. The van der Waals surface area contributed by atoms with Crippen molar-refractivity contribution in [1.82, 2.24) is 5.32 Å². The highest BCUT2D eigenvalue weighted by molar-refractivity contribution is 9.10. The van der Waals surface area contributed by atoms with E-state index in [0.29, 0.717) is 18.6 Å². The van der Waals surface area contributed by atoms with Gasteiger partial charge in [-0.25, -0.2) is 0 Å². The molecule has 2 rings (SSSR count). The van der Waals surface area contributed by atoms with Crippen LogP contribution < -0.4 is 5.32 Å². The van der Waals surface area contributed by atoms with Crippen LogP contribution in [0.4, 0.5) is 0 Å². The van der Waals surface area contributed by atoms with Crippen LogP contribution in [-0.4, -0.2) is 12.3 Å². The Kier molecular flexibility index (Phi) is 3.21. The zero-order chi connectivity index (χ0) is 10.7. The number of carbonyl (C=O) groups excluding carboxylic acids is 1. The van der Waals surface area contributed by atoms with Gasteiger partial charge in [-0.3, -0.25) is 4.79 Å². The van der Waals surface area contributed by atoms with E-state index in [-0.39, 0.29) is 0 Å². The molecule has 0 saturated carbocycles. The van der Waals surface area contributed by atoms with Gasteiger partial charge in [0.15, 0.2) is 0 Å². The first-order chi connectivity index (χ1) is 7.24. The number of halogens is 1. The van der Waals surface area contributed by atoms with E-state index in [2.05, 4.69) is 21.2 Å². The van der Waals surface area contributed by atoms with Crippen molar-refractivity contribution in [2.75, 3.05) is 6.54 Å². The van der Waals surface area contributed by atoms with Gasteiger partial charge >= 0.3 is 0 Å². The van der Waals surface area contributed by atoms with Crippen molar-refractivity contribution in [1.29, 1.82) is 0 Å². The Morgan fingerprint density at radius 1 is 1.27 bits per heavy atom. The summed E-state index contributed by atoms with van der Waals surface area (Å²) in [6.07, 6.45) is 3.22. The van der Waals surface area contributed by atoms with Crippen LogP contribution in [0.25, 0.3) is 6.08 Å². The molecule has 15 heavy (non-hydrogen) atoms. The molecule has 1 fully saturated rings. The molecule has 0 radical (unpaired) electrons. The predicted molar refractivity (Wildman–Crippen MR) is 64.4 cm³/mol. The second-order valence-electron chi connectivity index (χ2n) is 3.61. The van der Waals surface area contributed by atoms with Crippen molar-refractivity contribution < 1.29 is 4.79 Å². The molecular weight excluding hydrogens is 254 g/mol. The second-order valence-corrected chi connectivity index (χ2v) is 4.53. The fourth-order valence-electron chi connectivity index (χ4n) is 1.59. The minimum atomic E-state index is 0.317. The van der Waals surface area contributed by atoms with Crippen molar-refractivity contribution >= 4 is 27.8 Å². The summed E-state index contributed by atoms with van der Waals surface area (Å²) < 4.78 is 1.07. The highest BCUT2D eigenvalue weighted by Crippen LogP contribution is 2.15. The molecule has 1 aromatic rings. The van der Waals surface area contributed by atoms with E-state index in [4.69, 9.17) is 0 Å². The number of nitrogens with one attached hydrogen (secondary N) is 1. The van der Waals surface area contributed by atoms with Gasteiger partial charge in [0.2, 0.25) is 0 Å². The molecule has 0 aromatic heterocycles. The number of Topliss-reactive ketones (excluding diaryl/α,β-unsaturated/α-hetero) is 1. The van der Waals surface area contributed by atoms with Crippen LogP contribution in [0.5, 0.6) is 0 Å². The molecule has 1 aliphatic rings. The zero-order valence-electron chi connectivity index (χ0n) is 8.29. The zero-order valence-corrected chi connectivity index (χ0v) is 9.88. The summed E-state index contributed by atoms with van der Waals surface area (Å²) in [4.78, 5) is 11.2. The van der Waals surface area contributed by atoms with Gasteiger partial charge in [0.05, 0.1) is 0 Å². The van der Waals surface area contributed by atoms with E-state index in [9.17, 15) is 4.79 Å². The lowest BCUT2D eigenvalue weighted by molar-refractivity contribution is -0.119. The molecule has 1 saturated heterocycles. The van der Waals surface area contributed by atoms with E-state index < -0.39 is 0 Å². The lowest BCUT2D eigenvalue weighted by Crippen LogP contribution is -2.25. The SMILES string of the molecule is O=C1CCN/C(=C\c2ccc(Br)cc2)C1. The molecule has 0 unspecified atom stereocenters. The van der Waals surface area contributed by atoms with E-state index in [1.54, 1.807) is 0 Å². The lowest BCUT2D eigenvalue weighted by atomic mass is 10.1. The highest BCUT2D eigenvalue weighted by atomic mass is 79.9. The Morgan fingerprint density at radius 2 is 2.00 bits per heavy atom. The number of rotatable bonds is 1. The number of hydrogen-bond donors (Lipinski definition) is 1. The van der Waals surface area contributed by atoms with Crippen LogP contribution in [0.2, 0.25) is 0 Å². The average molecular weight is 266 g/mol. The molecule has 0 bridgehead atoms. The Balaban J connectivity index is 2.15. The molecule has 3 heteroatoms. The van der Waals surface area contributed by atoms with Crippen molar-refractivity contribution in [2.45, 2.75) is 12.8 Å². The largest absolute Gasteiger partial charge is 0.388 e. The van der Waals surface area contributed by atoms with Crippen molar-refractivity contribution in [3.8, 4) is 0 Å². The van der Waals surface area contributed by atoms with Crippen molar-refractivity contribution in [3.63, 3.8) is 0 Å². The van der Waals surface area contributed by atoms with Crippen LogP contribution in [0.1, 0.15) is 18.4 Å². The monoisotopic (exact) mass is 265 g/mol. The smallest absolute Gasteiger partial charge is 0.140 e. The number of allylic oxidation sites excluding steroid dienone is 1. The fraction of sp³-hybridized carbons (Fsp3) is 0.250. The number of ketones is 1. The summed E-state index contributed by atoms with van der Waals surface area (Å²) in [7, 11) is 0. The van der Waals surface area contributed by atoms with Gasteiger partial charge < -0.3 is 5.32 Å². The molecule has 1 N–H and O–H groups in total. The minimum absolute atomic E-state index is 0.317. The third-order valence-electron chi connectivity index (χ3n) is 2.35. The third-order valence-corrected chi connectivity index (χ3v) is 2.88. The van der Waals surface area contributed by atoms with E-state index in [0.717, 1.165) is 22.3 Å². The van der Waals surface area contributed by atoms with Crippen LogP contribution in [0.15, 0.2) is 34.4 Å². The summed E-state index contributed by atoms with van der Waals surface area (Å²) in [5.74, 6) is 0.317. The predicted octanol–water partition coefficient (Wildman–Crippen LogP) is 2.74. The Bertz CT molecular complexity index is 395. The molecule has 1 aromatic carbocycles. The van der Waals surface area contributed by atoms with E-state index in [1.807, 2.05) is 30.3 Å². The topological polar surface area (TPSA) is 29.1 Å². The first-order valence-corrected chi connectivity index (χ1v) is 5.75. The van der Waals surface area contributed by atoms with Gasteiger partial charge in [0, 0.05) is 29.6 Å². The first-order valence-electron chi connectivity index (χ1n) is 4.96. The van der Waals surface area contributed by atoms with Gasteiger partial charge in [-0.15, -0.1) is 0 Å². The third kappa shape index (κ3) is 2.93. The molecule has 1 heterocycles. The van der Waals surface area contributed by atoms with Crippen molar-refractivity contribution in [3.05, 3.63) is 40.0 Å². The van der Waals surface area contributed by atoms with Gasteiger partial charge in [-0.2, -0.15) is 0 Å².